The Morgan fingerprint density at radius 1 is 0.862 bits per heavy atom. The predicted molar refractivity (Wildman–Crippen MR) is 107 cm³/mol. The maximum Gasteiger partial charge on any atom is 0.368 e. The second kappa shape index (κ2) is 8.22. The maximum absolute atomic E-state index is 12.5. The number of nitrogens with zero attached hydrogens (tertiary/aromatic N) is 4. The number of tetrazole rings is 1. The molecule has 0 unspecified atom stereocenters. The third kappa shape index (κ3) is 4.22. The number of ether oxygens (including phenoxy) is 1. The fourth-order valence-corrected chi connectivity index (χ4v) is 2.70. The number of benzene rings is 3. The lowest BCUT2D eigenvalue weighted by molar-refractivity contribution is -0.117. The number of carbonyl (C=O) groups excluding carboxylic acids is 1. The number of nitrogens with one attached hydrogen (secondary N) is 1. The van der Waals surface area contributed by atoms with E-state index in [0.717, 1.165) is 9.36 Å². The molecule has 8 heteroatoms. The summed E-state index contributed by atoms with van der Waals surface area (Å²) < 4.78 is 7.97. The van der Waals surface area contributed by atoms with Crippen LogP contribution in [0.3, 0.4) is 0 Å². The first-order valence-corrected chi connectivity index (χ1v) is 8.91. The number of amides is 1. The Balaban J connectivity index is 1.49. The minimum absolute atomic E-state index is 0.272. The van der Waals surface area contributed by atoms with Gasteiger partial charge in [-0.15, -0.1) is 0 Å². The number of hydrogen-bond acceptors (Lipinski definition) is 5. The fourth-order valence-electron chi connectivity index (χ4n) is 2.70. The molecule has 3 aromatic carbocycles. The van der Waals surface area contributed by atoms with E-state index < -0.39 is 11.6 Å². The molecule has 0 fully saturated rings. The molecule has 4 rings (SSSR count). The Bertz CT molecular complexity index is 1170. The molecule has 0 aliphatic rings. The van der Waals surface area contributed by atoms with Crippen molar-refractivity contribution in [1.29, 1.82) is 0 Å². The lowest BCUT2D eigenvalue weighted by Gasteiger charge is -2.12. The smallest absolute Gasteiger partial charge is 0.368 e. The van der Waals surface area contributed by atoms with Crippen molar-refractivity contribution in [1.82, 2.24) is 19.8 Å². The van der Waals surface area contributed by atoms with Gasteiger partial charge < -0.3 is 10.1 Å². The zero-order valence-corrected chi connectivity index (χ0v) is 15.3. The Morgan fingerprint density at radius 2 is 1.52 bits per heavy atom. The average molecular weight is 387 g/mol. The van der Waals surface area contributed by atoms with E-state index in [4.69, 9.17) is 4.74 Å². The first kappa shape index (κ1) is 18.2. The minimum Gasteiger partial charge on any atom is -0.455 e. The summed E-state index contributed by atoms with van der Waals surface area (Å²) in [5.74, 6) is 0.722. The van der Waals surface area contributed by atoms with Crippen molar-refractivity contribution in [2.45, 2.75) is 6.54 Å². The summed E-state index contributed by atoms with van der Waals surface area (Å²) >= 11 is 0. The third-order valence-electron chi connectivity index (χ3n) is 4.07. The standard InChI is InChI=1S/C21H17N5O3/c27-20(15-25-21(28)26(24-23-25)16-9-3-1-4-10-16)22-18-13-7-8-14-19(18)29-17-11-5-2-6-12-17/h1-14H,15H2,(H,22,27). The molecular weight excluding hydrogens is 370 g/mol. The number of hydrogen-bond donors (Lipinski definition) is 1. The summed E-state index contributed by atoms with van der Waals surface area (Å²) in [6.07, 6.45) is 0. The van der Waals surface area contributed by atoms with Crippen molar-refractivity contribution in [3.05, 3.63) is 95.4 Å². The summed E-state index contributed by atoms with van der Waals surface area (Å²) in [4.78, 5) is 24.9. The molecule has 0 aliphatic heterocycles. The molecule has 0 bridgehead atoms. The van der Waals surface area contributed by atoms with E-state index in [2.05, 4.69) is 15.7 Å². The van der Waals surface area contributed by atoms with Crippen LogP contribution in [0, 0.1) is 0 Å². The second-order valence-corrected chi connectivity index (χ2v) is 6.13. The van der Waals surface area contributed by atoms with Crippen LogP contribution in [0.5, 0.6) is 11.5 Å². The fraction of sp³-hybridized carbons (Fsp3) is 0.0476. The van der Waals surface area contributed by atoms with Crippen LogP contribution in [0.1, 0.15) is 0 Å². The van der Waals surface area contributed by atoms with E-state index in [1.807, 2.05) is 42.5 Å². The van der Waals surface area contributed by atoms with Gasteiger partial charge in [-0.05, 0) is 46.8 Å². The molecule has 0 aliphatic carbocycles. The van der Waals surface area contributed by atoms with Crippen LogP contribution in [-0.2, 0) is 11.3 Å². The summed E-state index contributed by atoms with van der Waals surface area (Å²) in [6, 6.07) is 25.2. The number of aromatic nitrogens is 4. The molecule has 1 N–H and O–H groups in total. The molecule has 29 heavy (non-hydrogen) atoms. The molecule has 1 aromatic heterocycles. The maximum atomic E-state index is 12.5. The molecule has 0 spiro atoms. The van der Waals surface area contributed by atoms with Gasteiger partial charge in [-0.25, -0.2) is 4.79 Å². The predicted octanol–water partition coefficient (Wildman–Crippen LogP) is 2.86. The van der Waals surface area contributed by atoms with Crippen LogP contribution in [-0.4, -0.2) is 25.7 Å². The van der Waals surface area contributed by atoms with Crippen molar-refractivity contribution in [3.8, 4) is 17.2 Å². The highest BCUT2D eigenvalue weighted by Gasteiger charge is 2.14. The number of anilines is 1. The molecule has 0 saturated heterocycles. The van der Waals surface area contributed by atoms with Crippen LogP contribution in [0.4, 0.5) is 5.69 Å². The molecular formula is C21H17N5O3. The molecule has 8 nitrogen and oxygen atoms in total. The van der Waals surface area contributed by atoms with Crippen molar-refractivity contribution in [2.24, 2.45) is 0 Å². The summed E-state index contributed by atoms with van der Waals surface area (Å²) in [7, 11) is 0. The van der Waals surface area contributed by atoms with Crippen molar-refractivity contribution < 1.29 is 9.53 Å². The van der Waals surface area contributed by atoms with E-state index in [1.165, 1.54) is 0 Å². The van der Waals surface area contributed by atoms with Crippen molar-refractivity contribution in [2.75, 3.05) is 5.32 Å². The van der Waals surface area contributed by atoms with E-state index in [-0.39, 0.29) is 6.54 Å². The van der Waals surface area contributed by atoms with E-state index >= 15 is 0 Å². The van der Waals surface area contributed by atoms with Gasteiger partial charge in [-0.3, -0.25) is 4.79 Å². The molecule has 4 aromatic rings. The summed E-state index contributed by atoms with van der Waals surface area (Å²) in [5, 5.41) is 10.4. The SMILES string of the molecule is O=C(Cn1nnn(-c2ccccc2)c1=O)Nc1ccccc1Oc1ccccc1. The van der Waals surface area contributed by atoms with Gasteiger partial charge in [0, 0.05) is 0 Å². The Labute approximate surface area is 166 Å². The topological polar surface area (TPSA) is 91.0 Å². The lowest BCUT2D eigenvalue weighted by Crippen LogP contribution is -2.29. The van der Waals surface area contributed by atoms with Gasteiger partial charge in [0.05, 0.1) is 11.4 Å². The van der Waals surface area contributed by atoms with Gasteiger partial charge in [0.1, 0.15) is 12.3 Å². The average Bonchev–Trinajstić information content (AvgIpc) is 3.11. The zero-order chi connectivity index (χ0) is 20.1. The van der Waals surface area contributed by atoms with Gasteiger partial charge >= 0.3 is 5.69 Å². The highest BCUT2D eigenvalue weighted by Crippen LogP contribution is 2.29. The minimum atomic E-state index is -0.500. The number of para-hydroxylation sites is 4. The molecule has 0 atom stereocenters. The van der Waals surface area contributed by atoms with Crippen molar-refractivity contribution >= 4 is 11.6 Å². The number of carbonyl (C=O) groups is 1. The van der Waals surface area contributed by atoms with E-state index in [9.17, 15) is 9.59 Å². The molecule has 0 radical (unpaired) electrons. The second-order valence-electron chi connectivity index (χ2n) is 6.13. The van der Waals surface area contributed by atoms with Crippen molar-refractivity contribution in [3.63, 3.8) is 0 Å². The first-order valence-electron chi connectivity index (χ1n) is 8.91. The first-order chi connectivity index (χ1) is 14.2. The quantitative estimate of drug-likeness (QED) is 0.549. The molecule has 0 saturated carbocycles. The summed E-state index contributed by atoms with van der Waals surface area (Å²) in [5.41, 5.74) is 0.566. The molecule has 144 valence electrons. The van der Waals surface area contributed by atoms with Crippen LogP contribution in [0.15, 0.2) is 89.7 Å². The number of rotatable bonds is 6. The molecule has 1 amide bonds. The Kier molecular flexibility index (Phi) is 5.15. The zero-order valence-electron chi connectivity index (χ0n) is 15.3. The van der Waals surface area contributed by atoms with E-state index in [0.29, 0.717) is 22.9 Å². The Morgan fingerprint density at radius 3 is 2.28 bits per heavy atom. The van der Waals surface area contributed by atoms with Crippen LogP contribution < -0.4 is 15.7 Å². The summed E-state index contributed by atoms with van der Waals surface area (Å²) in [6.45, 7) is -0.272. The molecule has 1 heterocycles. The van der Waals surface area contributed by atoms with Gasteiger partial charge in [0.25, 0.3) is 0 Å². The van der Waals surface area contributed by atoms with Crippen LogP contribution in [0.2, 0.25) is 0 Å². The van der Waals surface area contributed by atoms with Crippen LogP contribution in [0.25, 0.3) is 5.69 Å². The third-order valence-corrected chi connectivity index (χ3v) is 4.07. The van der Waals surface area contributed by atoms with E-state index in [1.54, 1.807) is 42.5 Å². The Hall–Kier alpha value is -4.20. The largest absolute Gasteiger partial charge is 0.455 e. The van der Waals surface area contributed by atoms with Gasteiger partial charge in [-0.2, -0.15) is 9.36 Å². The monoisotopic (exact) mass is 387 g/mol. The van der Waals surface area contributed by atoms with Gasteiger partial charge in [-0.1, -0.05) is 48.5 Å². The highest BCUT2D eigenvalue weighted by atomic mass is 16.5. The lowest BCUT2D eigenvalue weighted by atomic mass is 10.3. The van der Waals surface area contributed by atoms with Gasteiger partial charge in [0.15, 0.2) is 5.75 Å². The van der Waals surface area contributed by atoms with Crippen LogP contribution >= 0.6 is 0 Å². The normalized spacial score (nSPS) is 10.5. The van der Waals surface area contributed by atoms with Gasteiger partial charge in [0.2, 0.25) is 5.91 Å². The highest BCUT2D eigenvalue weighted by molar-refractivity contribution is 5.92.